The number of rotatable bonds is 4. The van der Waals surface area contributed by atoms with Crippen LogP contribution >= 0.6 is 0 Å². The lowest BCUT2D eigenvalue weighted by molar-refractivity contribution is -0.137. The Morgan fingerprint density at radius 1 is 1.33 bits per heavy atom. The van der Waals surface area contributed by atoms with Crippen LogP contribution in [0.1, 0.15) is 31.2 Å². The summed E-state index contributed by atoms with van der Waals surface area (Å²) in [6, 6.07) is 7.47. The highest BCUT2D eigenvalue weighted by Crippen LogP contribution is 2.46. The number of aromatic hydroxyl groups is 1. The Morgan fingerprint density at radius 2 is 2.00 bits per heavy atom. The van der Waals surface area contributed by atoms with Gasteiger partial charge in [-0.25, -0.2) is 5.48 Å². The first kappa shape index (κ1) is 16.6. The van der Waals surface area contributed by atoms with Gasteiger partial charge in [-0.15, -0.1) is 0 Å². The van der Waals surface area contributed by atoms with Crippen molar-refractivity contribution in [1.82, 2.24) is 10.4 Å². The normalized spacial score (nSPS) is 21.5. The molecule has 1 saturated heterocycles. The first-order valence-electron chi connectivity index (χ1n) is 8.00. The summed E-state index contributed by atoms with van der Waals surface area (Å²) in [5.74, 6) is 0.0280. The standard InChI is InChI=1S/C17H21N3O4/c1-24-14-3-2-12(10-13(14)21)16(11-18)6-8-20(9-7-16)17(4-5-17)15(22)19-23/h2-3,10,21,23H,4-9H2,1H3,(H,19,22). The summed E-state index contributed by atoms with van der Waals surface area (Å²) in [5.41, 5.74) is 1.22. The number of amides is 1. The smallest absolute Gasteiger partial charge is 0.263 e. The molecule has 1 aliphatic heterocycles. The SMILES string of the molecule is COc1ccc(C2(C#N)CCN(C3(C(=O)NO)CC3)CC2)cc1O. The molecule has 0 aromatic heterocycles. The van der Waals surface area contributed by atoms with Gasteiger partial charge in [0.05, 0.1) is 18.6 Å². The highest BCUT2D eigenvalue weighted by atomic mass is 16.5. The minimum atomic E-state index is -0.688. The third-order valence-electron chi connectivity index (χ3n) is 5.42. The Morgan fingerprint density at radius 3 is 2.46 bits per heavy atom. The molecule has 1 heterocycles. The Balaban J connectivity index is 1.79. The second-order valence-electron chi connectivity index (χ2n) is 6.54. The number of nitriles is 1. The van der Waals surface area contributed by atoms with E-state index in [1.807, 2.05) is 6.07 Å². The summed E-state index contributed by atoms with van der Waals surface area (Å²) in [5, 5.41) is 28.7. The lowest BCUT2D eigenvalue weighted by Gasteiger charge is -2.41. The number of ether oxygens (including phenoxy) is 1. The number of hydrogen-bond acceptors (Lipinski definition) is 6. The highest BCUT2D eigenvalue weighted by Gasteiger charge is 2.56. The molecule has 0 atom stereocenters. The van der Waals surface area contributed by atoms with Gasteiger partial charge in [-0.1, -0.05) is 6.07 Å². The zero-order chi connectivity index (χ0) is 17.4. The number of likely N-dealkylation sites (tertiary alicyclic amines) is 1. The van der Waals surface area contributed by atoms with Crippen LogP contribution in [0.5, 0.6) is 11.5 Å². The van der Waals surface area contributed by atoms with E-state index in [9.17, 15) is 15.2 Å². The molecule has 2 aliphatic rings. The molecule has 1 saturated carbocycles. The fourth-order valence-corrected chi connectivity index (χ4v) is 3.68. The maximum absolute atomic E-state index is 11.9. The molecule has 0 spiro atoms. The van der Waals surface area contributed by atoms with Crippen molar-refractivity contribution >= 4 is 5.91 Å². The second-order valence-corrected chi connectivity index (χ2v) is 6.54. The van der Waals surface area contributed by atoms with E-state index in [1.54, 1.807) is 17.6 Å². The number of carbonyl (C=O) groups excluding carboxylic acids is 1. The number of methoxy groups -OCH3 is 1. The van der Waals surface area contributed by atoms with Crippen molar-refractivity contribution in [3.8, 4) is 17.6 Å². The zero-order valence-electron chi connectivity index (χ0n) is 13.6. The molecule has 0 bridgehead atoms. The van der Waals surface area contributed by atoms with Gasteiger partial charge in [0.15, 0.2) is 11.5 Å². The van der Waals surface area contributed by atoms with E-state index in [0.717, 1.165) is 18.4 Å². The van der Waals surface area contributed by atoms with Crippen LogP contribution in [0.15, 0.2) is 18.2 Å². The van der Waals surface area contributed by atoms with Crippen molar-refractivity contribution in [3.05, 3.63) is 23.8 Å². The molecule has 1 aliphatic carbocycles. The molecule has 3 rings (SSSR count). The molecule has 0 unspecified atom stereocenters. The minimum Gasteiger partial charge on any atom is -0.504 e. The van der Waals surface area contributed by atoms with Gasteiger partial charge in [-0.2, -0.15) is 5.26 Å². The second kappa shape index (κ2) is 5.96. The van der Waals surface area contributed by atoms with Crippen molar-refractivity contribution in [2.45, 2.75) is 36.6 Å². The first-order chi connectivity index (χ1) is 11.5. The molecule has 1 aromatic rings. The largest absolute Gasteiger partial charge is 0.504 e. The lowest BCUT2D eigenvalue weighted by Crippen LogP contribution is -2.53. The number of hydrogen-bond donors (Lipinski definition) is 3. The molecular formula is C17H21N3O4. The third-order valence-corrected chi connectivity index (χ3v) is 5.42. The molecular weight excluding hydrogens is 310 g/mol. The van der Waals surface area contributed by atoms with Gasteiger partial charge in [0.2, 0.25) is 0 Å². The van der Waals surface area contributed by atoms with Crippen molar-refractivity contribution in [1.29, 1.82) is 5.26 Å². The van der Waals surface area contributed by atoms with E-state index in [4.69, 9.17) is 9.94 Å². The van der Waals surface area contributed by atoms with E-state index in [2.05, 4.69) is 11.0 Å². The van der Waals surface area contributed by atoms with Crippen molar-refractivity contribution in [2.24, 2.45) is 0 Å². The average molecular weight is 331 g/mol. The first-order valence-corrected chi connectivity index (χ1v) is 8.00. The third kappa shape index (κ3) is 2.48. The molecule has 7 nitrogen and oxygen atoms in total. The Hall–Kier alpha value is -2.30. The summed E-state index contributed by atoms with van der Waals surface area (Å²) < 4.78 is 5.05. The van der Waals surface area contributed by atoms with Crippen LogP contribution < -0.4 is 10.2 Å². The summed E-state index contributed by atoms with van der Waals surface area (Å²) in [6.07, 6.45) is 2.58. The van der Waals surface area contributed by atoms with Crippen LogP contribution in [-0.2, 0) is 10.2 Å². The number of nitrogens with one attached hydrogen (secondary N) is 1. The number of piperidine rings is 1. The van der Waals surface area contributed by atoms with Crippen molar-refractivity contribution < 1.29 is 19.8 Å². The summed E-state index contributed by atoms with van der Waals surface area (Å²) in [7, 11) is 1.48. The van der Waals surface area contributed by atoms with Crippen LogP contribution in [0.2, 0.25) is 0 Å². The number of phenols is 1. The topological polar surface area (TPSA) is 106 Å². The Kier molecular flexibility index (Phi) is 4.11. The molecule has 0 radical (unpaired) electrons. The van der Waals surface area contributed by atoms with Crippen molar-refractivity contribution in [2.75, 3.05) is 20.2 Å². The van der Waals surface area contributed by atoms with Crippen LogP contribution in [0.4, 0.5) is 0 Å². The predicted molar refractivity (Wildman–Crippen MR) is 84.7 cm³/mol. The summed E-state index contributed by atoms with van der Waals surface area (Å²) in [6.45, 7) is 1.18. The summed E-state index contributed by atoms with van der Waals surface area (Å²) in [4.78, 5) is 13.9. The highest BCUT2D eigenvalue weighted by molar-refractivity contribution is 5.88. The predicted octanol–water partition coefficient (Wildman–Crippen LogP) is 1.30. The molecule has 1 amide bonds. The van der Waals surface area contributed by atoms with Gasteiger partial charge in [-0.3, -0.25) is 14.9 Å². The van der Waals surface area contributed by atoms with Gasteiger partial charge in [0, 0.05) is 13.1 Å². The lowest BCUT2D eigenvalue weighted by atomic mass is 9.73. The van der Waals surface area contributed by atoms with Crippen LogP contribution in [0, 0.1) is 11.3 Å². The van der Waals surface area contributed by atoms with E-state index in [0.29, 0.717) is 31.7 Å². The molecule has 2 fully saturated rings. The van der Waals surface area contributed by atoms with Crippen LogP contribution in [-0.4, -0.2) is 46.9 Å². The van der Waals surface area contributed by atoms with Crippen LogP contribution in [0.3, 0.4) is 0 Å². The van der Waals surface area contributed by atoms with Gasteiger partial charge in [0.25, 0.3) is 5.91 Å². The minimum absolute atomic E-state index is 0.0189. The van der Waals surface area contributed by atoms with Crippen molar-refractivity contribution in [3.63, 3.8) is 0 Å². The number of carbonyl (C=O) groups is 1. The number of benzene rings is 1. The molecule has 3 N–H and O–H groups in total. The van der Waals surface area contributed by atoms with E-state index < -0.39 is 11.0 Å². The zero-order valence-corrected chi connectivity index (χ0v) is 13.6. The Bertz CT molecular complexity index is 686. The van der Waals surface area contributed by atoms with Gasteiger partial charge in [-0.05, 0) is 43.4 Å². The number of hydroxylamine groups is 1. The van der Waals surface area contributed by atoms with E-state index in [1.165, 1.54) is 7.11 Å². The quantitative estimate of drug-likeness (QED) is 0.567. The maximum atomic E-state index is 11.9. The molecule has 24 heavy (non-hydrogen) atoms. The fraction of sp³-hybridized carbons (Fsp3) is 0.529. The van der Waals surface area contributed by atoms with E-state index >= 15 is 0 Å². The number of phenolic OH excluding ortho intramolecular Hbond substituents is 1. The van der Waals surface area contributed by atoms with E-state index in [-0.39, 0.29) is 11.7 Å². The summed E-state index contributed by atoms with van der Waals surface area (Å²) >= 11 is 0. The Labute approximate surface area is 140 Å². The van der Waals surface area contributed by atoms with Gasteiger partial charge >= 0.3 is 0 Å². The number of nitrogens with zero attached hydrogens (tertiary/aromatic N) is 2. The maximum Gasteiger partial charge on any atom is 0.263 e. The van der Waals surface area contributed by atoms with Gasteiger partial charge < -0.3 is 9.84 Å². The van der Waals surface area contributed by atoms with Crippen LogP contribution in [0.25, 0.3) is 0 Å². The fourth-order valence-electron chi connectivity index (χ4n) is 3.68. The molecule has 1 aromatic carbocycles. The molecule has 7 heteroatoms. The average Bonchev–Trinajstić information content (AvgIpc) is 3.43. The van der Waals surface area contributed by atoms with Gasteiger partial charge in [0.1, 0.15) is 5.54 Å². The molecule has 128 valence electrons. The monoisotopic (exact) mass is 331 g/mol.